The van der Waals surface area contributed by atoms with Crippen molar-refractivity contribution in [2.75, 3.05) is 0 Å². The van der Waals surface area contributed by atoms with Gasteiger partial charge in [0.2, 0.25) is 0 Å². The van der Waals surface area contributed by atoms with Crippen LogP contribution in [0.4, 0.5) is 0 Å². The zero-order valence-electron chi connectivity index (χ0n) is 8.86. The number of nitrogens with two attached hydrogens (primary N) is 1. The smallest absolute Gasteiger partial charge is 0.125 e. The van der Waals surface area contributed by atoms with Crippen molar-refractivity contribution in [3.8, 4) is 0 Å². The Bertz CT molecular complexity index is 331. The fourth-order valence-electron chi connectivity index (χ4n) is 0.948. The number of hydrogen-bond acceptors (Lipinski definition) is 3. The highest BCUT2D eigenvalue weighted by Crippen LogP contribution is 1.99. The average molecular weight is 192 g/mol. The fourth-order valence-corrected chi connectivity index (χ4v) is 0.948. The van der Waals surface area contributed by atoms with Gasteiger partial charge in [-0.3, -0.25) is 4.99 Å². The van der Waals surface area contributed by atoms with Gasteiger partial charge < -0.3 is 5.73 Å². The third kappa shape index (κ3) is 3.12. The second kappa shape index (κ2) is 4.69. The maximum Gasteiger partial charge on any atom is 0.125 e. The first-order valence-electron chi connectivity index (χ1n) is 4.68. The standard InChI is InChI=1S/C10H16N4/c1-7(2)10(11)13-6-9-4-5-12-8(3)14-9/h4-5,7H,6H2,1-3H3,(H2,11,13). The number of aliphatic imine (C=N–C) groups is 1. The monoisotopic (exact) mass is 192 g/mol. The molecule has 0 aliphatic carbocycles. The summed E-state index contributed by atoms with van der Waals surface area (Å²) >= 11 is 0. The summed E-state index contributed by atoms with van der Waals surface area (Å²) in [6, 6.07) is 1.85. The molecular weight excluding hydrogens is 176 g/mol. The number of aryl methyl sites for hydroxylation is 1. The van der Waals surface area contributed by atoms with Crippen molar-refractivity contribution < 1.29 is 0 Å². The number of nitrogens with zero attached hydrogens (tertiary/aromatic N) is 3. The van der Waals surface area contributed by atoms with Crippen LogP contribution < -0.4 is 5.73 Å². The van der Waals surface area contributed by atoms with Crippen LogP contribution in [0.2, 0.25) is 0 Å². The Morgan fingerprint density at radius 3 is 2.86 bits per heavy atom. The molecule has 0 aliphatic rings. The van der Waals surface area contributed by atoms with Gasteiger partial charge in [0.15, 0.2) is 0 Å². The third-order valence-corrected chi connectivity index (χ3v) is 1.85. The Morgan fingerprint density at radius 2 is 2.29 bits per heavy atom. The Labute approximate surface area is 84.3 Å². The van der Waals surface area contributed by atoms with Crippen LogP contribution in [0.5, 0.6) is 0 Å². The fraction of sp³-hybridized carbons (Fsp3) is 0.500. The molecule has 1 aromatic rings. The minimum absolute atomic E-state index is 0.290. The van der Waals surface area contributed by atoms with E-state index in [1.165, 1.54) is 0 Å². The lowest BCUT2D eigenvalue weighted by Crippen LogP contribution is -2.18. The molecule has 0 bridgehead atoms. The van der Waals surface area contributed by atoms with Crippen LogP contribution in [0.15, 0.2) is 17.3 Å². The second-order valence-electron chi connectivity index (χ2n) is 3.49. The maximum absolute atomic E-state index is 5.71. The lowest BCUT2D eigenvalue weighted by atomic mass is 10.2. The van der Waals surface area contributed by atoms with E-state index in [-0.39, 0.29) is 5.92 Å². The van der Waals surface area contributed by atoms with Gasteiger partial charge in [0.1, 0.15) is 5.82 Å². The summed E-state index contributed by atoms with van der Waals surface area (Å²) in [7, 11) is 0. The summed E-state index contributed by atoms with van der Waals surface area (Å²) in [6.07, 6.45) is 1.73. The van der Waals surface area contributed by atoms with Crippen molar-refractivity contribution in [3.63, 3.8) is 0 Å². The first kappa shape index (κ1) is 10.6. The van der Waals surface area contributed by atoms with Crippen molar-refractivity contribution in [3.05, 3.63) is 23.8 Å². The number of amidine groups is 1. The molecular formula is C10H16N4. The van der Waals surface area contributed by atoms with E-state index in [4.69, 9.17) is 5.73 Å². The lowest BCUT2D eigenvalue weighted by molar-refractivity contribution is 0.844. The molecule has 1 rings (SSSR count). The molecule has 0 spiro atoms. The summed E-state index contributed by atoms with van der Waals surface area (Å²) < 4.78 is 0. The van der Waals surface area contributed by atoms with Crippen LogP contribution in [0, 0.1) is 12.8 Å². The molecule has 4 nitrogen and oxygen atoms in total. The predicted molar refractivity (Wildman–Crippen MR) is 56.9 cm³/mol. The molecule has 0 atom stereocenters. The molecule has 0 unspecified atom stereocenters. The van der Waals surface area contributed by atoms with Crippen molar-refractivity contribution in [2.24, 2.45) is 16.6 Å². The van der Waals surface area contributed by atoms with Crippen LogP contribution in [0.25, 0.3) is 0 Å². The summed E-state index contributed by atoms with van der Waals surface area (Å²) in [4.78, 5) is 12.5. The third-order valence-electron chi connectivity index (χ3n) is 1.85. The quantitative estimate of drug-likeness (QED) is 0.580. The molecule has 0 aromatic carbocycles. The largest absolute Gasteiger partial charge is 0.387 e. The highest BCUT2D eigenvalue weighted by molar-refractivity contribution is 5.82. The van der Waals surface area contributed by atoms with Gasteiger partial charge in [-0.2, -0.15) is 0 Å². The molecule has 0 amide bonds. The van der Waals surface area contributed by atoms with Gasteiger partial charge >= 0.3 is 0 Å². The van der Waals surface area contributed by atoms with Crippen molar-refractivity contribution >= 4 is 5.84 Å². The van der Waals surface area contributed by atoms with Crippen molar-refractivity contribution in [2.45, 2.75) is 27.3 Å². The Morgan fingerprint density at radius 1 is 1.57 bits per heavy atom. The first-order valence-corrected chi connectivity index (χ1v) is 4.68. The molecule has 0 saturated carbocycles. The average Bonchev–Trinajstić information content (AvgIpc) is 2.14. The van der Waals surface area contributed by atoms with E-state index in [0.29, 0.717) is 12.4 Å². The molecule has 0 fully saturated rings. The number of rotatable bonds is 3. The Kier molecular flexibility index (Phi) is 3.56. The molecule has 0 radical (unpaired) electrons. The summed E-state index contributed by atoms with van der Waals surface area (Å²) in [5.74, 6) is 1.72. The van der Waals surface area contributed by atoms with Gasteiger partial charge in [-0.25, -0.2) is 9.97 Å². The van der Waals surface area contributed by atoms with Gasteiger partial charge in [-0.1, -0.05) is 13.8 Å². The van der Waals surface area contributed by atoms with Gasteiger partial charge in [0.25, 0.3) is 0 Å². The molecule has 1 aromatic heterocycles. The van der Waals surface area contributed by atoms with E-state index < -0.39 is 0 Å². The van der Waals surface area contributed by atoms with E-state index in [9.17, 15) is 0 Å². The highest BCUT2D eigenvalue weighted by Gasteiger charge is 1.99. The Balaban J connectivity index is 2.66. The van der Waals surface area contributed by atoms with Crippen LogP contribution in [0.3, 0.4) is 0 Å². The van der Waals surface area contributed by atoms with Crippen LogP contribution in [0.1, 0.15) is 25.4 Å². The maximum atomic E-state index is 5.71. The van der Waals surface area contributed by atoms with Crippen LogP contribution >= 0.6 is 0 Å². The van der Waals surface area contributed by atoms with E-state index in [2.05, 4.69) is 15.0 Å². The highest BCUT2D eigenvalue weighted by atomic mass is 14.9. The Hall–Kier alpha value is -1.45. The van der Waals surface area contributed by atoms with Gasteiger partial charge in [0, 0.05) is 12.1 Å². The lowest BCUT2D eigenvalue weighted by Gasteiger charge is -2.03. The van der Waals surface area contributed by atoms with E-state index in [0.717, 1.165) is 11.5 Å². The summed E-state index contributed by atoms with van der Waals surface area (Å²) in [6.45, 7) is 6.43. The SMILES string of the molecule is Cc1nccc(CN=C(N)C(C)C)n1. The van der Waals surface area contributed by atoms with Gasteiger partial charge in [0.05, 0.1) is 18.1 Å². The molecule has 0 saturated heterocycles. The van der Waals surface area contributed by atoms with Crippen molar-refractivity contribution in [1.82, 2.24) is 9.97 Å². The first-order chi connectivity index (χ1) is 6.59. The summed E-state index contributed by atoms with van der Waals surface area (Å²) in [5, 5.41) is 0. The van der Waals surface area contributed by atoms with E-state index >= 15 is 0 Å². The molecule has 4 heteroatoms. The number of aromatic nitrogens is 2. The van der Waals surface area contributed by atoms with Crippen LogP contribution in [-0.4, -0.2) is 15.8 Å². The molecule has 14 heavy (non-hydrogen) atoms. The van der Waals surface area contributed by atoms with Gasteiger partial charge in [-0.15, -0.1) is 0 Å². The zero-order valence-corrected chi connectivity index (χ0v) is 8.86. The van der Waals surface area contributed by atoms with E-state index in [1.807, 2.05) is 26.8 Å². The molecule has 2 N–H and O–H groups in total. The van der Waals surface area contributed by atoms with Crippen LogP contribution in [-0.2, 0) is 6.54 Å². The minimum atomic E-state index is 0.290. The predicted octanol–water partition coefficient (Wildman–Crippen LogP) is 1.30. The number of hydrogen-bond donors (Lipinski definition) is 1. The van der Waals surface area contributed by atoms with Gasteiger partial charge in [-0.05, 0) is 13.0 Å². The normalized spacial score (nSPS) is 12.1. The molecule has 1 heterocycles. The minimum Gasteiger partial charge on any atom is -0.387 e. The topological polar surface area (TPSA) is 64.2 Å². The second-order valence-corrected chi connectivity index (χ2v) is 3.49. The van der Waals surface area contributed by atoms with E-state index in [1.54, 1.807) is 6.20 Å². The zero-order chi connectivity index (χ0) is 10.6. The molecule has 76 valence electrons. The summed E-state index contributed by atoms with van der Waals surface area (Å²) in [5.41, 5.74) is 6.61. The van der Waals surface area contributed by atoms with Crippen molar-refractivity contribution in [1.29, 1.82) is 0 Å². The molecule has 0 aliphatic heterocycles.